The maximum Gasteiger partial charge on any atom is 0.164 e. The largest absolute Gasteiger partial charge is 0.491 e. The number of nitrogens with one attached hydrogen (secondary N) is 1. The first-order chi connectivity index (χ1) is 23.1. The van der Waals surface area contributed by atoms with E-state index in [1.54, 1.807) is 0 Å². The van der Waals surface area contributed by atoms with Gasteiger partial charge in [-0.05, 0) is 114 Å². The molecule has 0 spiro atoms. The fourth-order valence-electron chi connectivity index (χ4n) is 8.58. The van der Waals surface area contributed by atoms with E-state index >= 15 is 0 Å². The maximum atomic E-state index is 12.7. The van der Waals surface area contributed by atoms with Crippen molar-refractivity contribution in [2.24, 2.45) is 17.8 Å². The van der Waals surface area contributed by atoms with E-state index in [1.165, 1.54) is 10.1 Å². The Labute approximate surface area is 302 Å². The second kappa shape index (κ2) is 15.7. The summed E-state index contributed by atoms with van der Waals surface area (Å²) in [5.41, 5.74) is -1.62. The molecule has 0 aliphatic carbocycles. The van der Waals surface area contributed by atoms with Crippen LogP contribution in [-0.2, 0) is 24.6 Å². The quantitative estimate of drug-likeness (QED) is 0.171. The highest BCUT2D eigenvalue weighted by molar-refractivity contribution is 5.45. The molecule has 286 valence electrons. The van der Waals surface area contributed by atoms with Crippen LogP contribution in [0.4, 0.5) is 0 Å². The molecule has 1 N–H and O–H groups in total. The molecule has 1 aromatic rings. The average Bonchev–Trinajstić information content (AvgIpc) is 3.40. The molecule has 3 unspecified atom stereocenters. The van der Waals surface area contributed by atoms with Crippen molar-refractivity contribution in [3.8, 4) is 17.2 Å². The van der Waals surface area contributed by atoms with Crippen molar-refractivity contribution in [2.75, 3.05) is 59.5 Å². The lowest BCUT2D eigenvalue weighted by Gasteiger charge is -2.33. The number of ether oxygens (including phenoxy) is 6. The topological polar surface area (TPSA) is 114 Å². The number of nitrogens with zero attached hydrogens (tertiary/aromatic N) is 2. The van der Waals surface area contributed by atoms with Gasteiger partial charge in [0.1, 0.15) is 25.6 Å². The predicted octanol–water partition coefficient (Wildman–Crippen LogP) is 6.49. The summed E-state index contributed by atoms with van der Waals surface area (Å²) in [6.07, 6.45) is 2.64. The van der Waals surface area contributed by atoms with Crippen LogP contribution in [0.2, 0.25) is 0 Å². The molecule has 11 heteroatoms. The lowest BCUT2D eigenvalue weighted by atomic mass is 9.88. The normalized spacial score (nSPS) is 27.8. The van der Waals surface area contributed by atoms with Crippen LogP contribution in [-0.4, -0.2) is 103 Å². The van der Waals surface area contributed by atoms with Gasteiger partial charge in [-0.3, -0.25) is 0 Å². The summed E-state index contributed by atoms with van der Waals surface area (Å²) in [6.45, 7) is 28.9. The summed E-state index contributed by atoms with van der Waals surface area (Å²) in [5.74, 6) is 2.53. The van der Waals surface area contributed by atoms with Crippen molar-refractivity contribution in [3.05, 3.63) is 18.2 Å². The van der Waals surface area contributed by atoms with Crippen LogP contribution in [0.1, 0.15) is 102 Å². The lowest BCUT2D eigenvalue weighted by molar-refractivity contribution is -0.249. The van der Waals surface area contributed by atoms with E-state index in [-0.39, 0.29) is 22.9 Å². The summed E-state index contributed by atoms with van der Waals surface area (Å²) in [6, 6.07) is 5.55. The molecule has 0 bridgehead atoms. The Bertz CT molecular complexity index is 1250. The zero-order valence-electron chi connectivity index (χ0n) is 33.1. The molecule has 3 saturated heterocycles. The Morgan fingerprint density at radius 2 is 1.02 bits per heavy atom. The Kier molecular flexibility index (Phi) is 12.9. The van der Waals surface area contributed by atoms with Gasteiger partial charge < -0.3 is 33.7 Å². The zero-order chi connectivity index (χ0) is 37.2. The molecule has 3 aliphatic rings. The van der Waals surface area contributed by atoms with E-state index in [4.69, 9.17) is 28.4 Å². The van der Waals surface area contributed by atoms with Crippen molar-refractivity contribution in [2.45, 2.75) is 136 Å². The van der Waals surface area contributed by atoms with Gasteiger partial charge in [0.05, 0.1) is 39.6 Å². The summed E-state index contributed by atoms with van der Waals surface area (Å²) < 4.78 is 36.4. The molecule has 0 saturated carbocycles. The number of hydroxylamine groups is 4. The van der Waals surface area contributed by atoms with E-state index in [0.717, 1.165) is 19.3 Å². The molecule has 4 rings (SSSR count). The Hall–Kier alpha value is -1.70. The van der Waals surface area contributed by atoms with Crippen molar-refractivity contribution in [1.82, 2.24) is 15.4 Å². The van der Waals surface area contributed by atoms with E-state index in [2.05, 4.69) is 33.0 Å². The third kappa shape index (κ3) is 9.83. The molecule has 11 nitrogen and oxygen atoms in total. The van der Waals surface area contributed by atoms with Crippen LogP contribution in [0, 0.1) is 17.8 Å². The smallest absolute Gasteiger partial charge is 0.164 e. The molecule has 50 heavy (non-hydrogen) atoms. The highest BCUT2D eigenvalue weighted by Gasteiger charge is 2.53. The Morgan fingerprint density at radius 3 is 1.44 bits per heavy atom. The van der Waals surface area contributed by atoms with Crippen LogP contribution < -0.4 is 19.5 Å². The Balaban J connectivity index is 1.27. The summed E-state index contributed by atoms with van der Waals surface area (Å²) in [7, 11) is 0. The lowest BCUT2D eigenvalue weighted by Crippen LogP contribution is -2.46. The first-order valence-corrected chi connectivity index (χ1v) is 18.6. The first-order valence-electron chi connectivity index (χ1n) is 18.6. The van der Waals surface area contributed by atoms with Gasteiger partial charge in [-0.2, -0.15) is 0 Å². The maximum absolute atomic E-state index is 12.7. The van der Waals surface area contributed by atoms with Crippen LogP contribution in [0.5, 0.6) is 17.2 Å². The van der Waals surface area contributed by atoms with Crippen LogP contribution in [0.3, 0.4) is 0 Å². The third-order valence-electron chi connectivity index (χ3n) is 11.4. The minimum Gasteiger partial charge on any atom is -0.491 e. The van der Waals surface area contributed by atoms with Crippen LogP contribution in [0.15, 0.2) is 18.2 Å². The molecule has 2 radical (unpaired) electrons. The number of rotatable bonds is 18. The number of hydrogen-bond acceptors (Lipinski definition) is 9. The summed E-state index contributed by atoms with van der Waals surface area (Å²) in [5, 5.41) is 31.6. The van der Waals surface area contributed by atoms with Crippen molar-refractivity contribution in [3.63, 3.8) is 0 Å². The molecule has 0 aromatic heterocycles. The molecular formula is C39H67N3O8. The fraction of sp³-hybridized carbons (Fsp3) is 0.846. The van der Waals surface area contributed by atoms with Gasteiger partial charge in [-0.15, -0.1) is 20.5 Å². The minimum atomic E-state index is -0.476. The highest BCUT2D eigenvalue weighted by atomic mass is 16.6. The van der Waals surface area contributed by atoms with E-state index in [1.807, 2.05) is 73.6 Å². The van der Waals surface area contributed by atoms with E-state index in [9.17, 15) is 10.4 Å². The molecule has 0 amide bonds. The standard InChI is InChI=1S/C39H67N3O8/c1-34(2)22-28(37(7,8)40-34)25-45-17-20-50-33-21-31(48-18-15-46-26-29-23-35(3,4)41(43)38(29,9)10)13-14-32(33)49-19-16-47-27-30-24-36(5,6)42(44)39(30,11)12/h13-14,21,28-30,40H,15-20,22-27H2,1-12H3. The van der Waals surface area contributed by atoms with Gasteiger partial charge >= 0.3 is 0 Å². The number of hydrogen-bond donors (Lipinski definition) is 1. The van der Waals surface area contributed by atoms with Crippen molar-refractivity contribution >= 4 is 0 Å². The average molecular weight is 706 g/mol. The fourth-order valence-corrected chi connectivity index (χ4v) is 8.58. The zero-order valence-corrected chi connectivity index (χ0v) is 33.1. The first kappa shape index (κ1) is 41.1. The molecular weight excluding hydrogens is 638 g/mol. The molecule has 3 atom stereocenters. The van der Waals surface area contributed by atoms with Crippen LogP contribution in [0.25, 0.3) is 0 Å². The summed E-state index contributed by atoms with van der Waals surface area (Å²) in [4.78, 5) is 0. The van der Waals surface area contributed by atoms with Gasteiger partial charge in [0.2, 0.25) is 0 Å². The van der Waals surface area contributed by atoms with Gasteiger partial charge in [0.15, 0.2) is 11.5 Å². The predicted molar refractivity (Wildman–Crippen MR) is 192 cm³/mol. The molecule has 3 aliphatic heterocycles. The molecule has 3 heterocycles. The minimum absolute atomic E-state index is 0.0151. The Morgan fingerprint density at radius 1 is 0.580 bits per heavy atom. The molecule has 1 aromatic carbocycles. The summed E-state index contributed by atoms with van der Waals surface area (Å²) >= 11 is 0. The van der Waals surface area contributed by atoms with Gasteiger partial charge in [0, 0.05) is 57.1 Å². The van der Waals surface area contributed by atoms with Gasteiger partial charge in [0.25, 0.3) is 0 Å². The third-order valence-corrected chi connectivity index (χ3v) is 11.4. The van der Waals surface area contributed by atoms with Crippen LogP contribution >= 0.6 is 0 Å². The SMILES string of the molecule is CC1(C)CC(COCCOc2cc(OCCOCC3CC(C)(C)N([O])C3(C)C)ccc2OCCOCC2CC(C)(C)N([O])C2(C)C)C(C)(C)N1. The number of benzene rings is 1. The van der Waals surface area contributed by atoms with E-state index < -0.39 is 22.2 Å². The monoisotopic (exact) mass is 705 g/mol. The van der Waals surface area contributed by atoms with Gasteiger partial charge in [-0.25, -0.2) is 0 Å². The second-order valence-corrected chi connectivity index (χ2v) is 18.3. The van der Waals surface area contributed by atoms with E-state index in [0.29, 0.717) is 82.6 Å². The second-order valence-electron chi connectivity index (χ2n) is 18.3. The highest BCUT2D eigenvalue weighted by Crippen LogP contribution is 2.45. The van der Waals surface area contributed by atoms with Crippen molar-refractivity contribution in [1.29, 1.82) is 0 Å². The molecule has 3 fully saturated rings. The van der Waals surface area contributed by atoms with Gasteiger partial charge in [-0.1, -0.05) is 0 Å². The van der Waals surface area contributed by atoms with Crippen molar-refractivity contribution < 1.29 is 38.8 Å².